The van der Waals surface area contributed by atoms with Gasteiger partial charge in [-0.2, -0.15) is 0 Å². The molecule has 3 heteroatoms. The zero-order chi connectivity index (χ0) is 12.5. The number of aryl methyl sites for hydroxylation is 1. The summed E-state index contributed by atoms with van der Waals surface area (Å²) in [6.07, 6.45) is 1.19. The molecule has 0 saturated carbocycles. The van der Waals surface area contributed by atoms with E-state index >= 15 is 0 Å². The SMILES string of the molecule is Cc1ccc(C(O)C2NCc3ccccc32)nc1. The lowest BCUT2D eigenvalue weighted by atomic mass is 9.98. The third-order valence-corrected chi connectivity index (χ3v) is 3.46. The third kappa shape index (κ3) is 1.92. The average molecular weight is 240 g/mol. The summed E-state index contributed by atoms with van der Waals surface area (Å²) < 4.78 is 0. The van der Waals surface area contributed by atoms with Crippen LogP contribution in [0, 0.1) is 6.92 Å². The first-order valence-corrected chi connectivity index (χ1v) is 6.17. The third-order valence-electron chi connectivity index (χ3n) is 3.46. The second kappa shape index (κ2) is 4.52. The van der Waals surface area contributed by atoms with Crippen molar-refractivity contribution in [2.45, 2.75) is 25.6 Å². The summed E-state index contributed by atoms with van der Waals surface area (Å²) >= 11 is 0. The topological polar surface area (TPSA) is 45.1 Å². The van der Waals surface area contributed by atoms with E-state index < -0.39 is 6.10 Å². The Labute approximate surface area is 107 Å². The Hall–Kier alpha value is -1.71. The van der Waals surface area contributed by atoms with Crippen LogP contribution in [0.4, 0.5) is 0 Å². The fourth-order valence-electron chi connectivity index (χ4n) is 2.44. The lowest BCUT2D eigenvalue weighted by molar-refractivity contribution is 0.129. The van der Waals surface area contributed by atoms with Crippen LogP contribution in [0.5, 0.6) is 0 Å². The van der Waals surface area contributed by atoms with Crippen LogP contribution in [0.15, 0.2) is 42.6 Å². The number of fused-ring (bicyclic) bond motifs is 1. The number of hydrogen-bond donors (Lipinski definition) is 2. The normalized spacial score (nSPS) is 19.6. The molecule has 0 spiro atoms. The van der Waals surface area contributed by atoms with Gasteiger partial charge in [-0.3, -0.25) is 4.98 Å². The molecule has 2 aromatic rings. The van der Waals surface area contributed by atoms with Gasteiger partial charge in [-0.1, -0.05) is 30.3 Å². The number of rotatable bonds is 2. The molecule has 1 aromatic carbocycles. The van der Waals surface area contributed by atoms with Crippen molar-refractivity contribution in [2.75, 3.05) is 0 Å². The maximum absolute atomic E-state index is 10.4. The van der Waals surface area contributed by atoms with Gasteiger partial charge in [0.05, 0.1) is 11.7 Å². The Morgan fingerprint density at radius 3 is 2.89 bits per heavy atom. The standard InChI is InChI=1S/C15H16N2O/c1-10-6-7-13(16-8-10)15(18)14-12-5-3-2-4-11(12)9-17-14/h2-8,14-15,17-18H,9H2,1H3. The highest BCUT2D eigenvalue weighted by Gasteiger charge is 2.29. The summed E-state index contributed by atoms with van der Waals surface area (Å²) in [5, 5.41) is 13.8. The van der Waals surface area contributed by atoms with E-state index in [4.69, 9.17) is 0 Å². The molecule has 18 heavy (non-hydrogen) atoms. The van der Waals surface area contributed by atoms with Gasteiger partial charge in [0, 0.05) is 12.7 Å². The van der Waals surface area contributed by atoms with Gasteiger partial charge >= 0.3 is 0 Å². The predicted molar refractivity (Wildman–Crippen MR) is 70.0 cm³/mol. The number of nitrogens with one attached hydrogen (secondary N) is 1. The average Bonchev–Trinajstić information content (AvgIpc) is 2.82. The summed E-state index contributed by atoms with van der Waals surface area (Å²) in [5.41, 5.74) is 4.25. The molecule has 0 bridgehead atoms. The van der Waals surface area contributed by atoms with Crippen molar-refractivity contribution < 1.29 is 5.11 Å². The van der Waals surface area contributed by atoms with Crippen LogP contribution in [0.25, 0.3) is 0 Å². The number of pyridine rings is 1. The first kappa shape index (κ1) is 11.4. The summed E-state index contributed by atoms with van der Waals surface area (Å²) in [6, 6.07) is 12.0. The minimum Gasteiger partial charge on any atom is -0.385 e. The van der Waals surface area contributed by atoms with Crippen molar-refractivity contribution in [3.63, 3.8) is 0 Å². The molecule has 2 unspecified atom stereocenters. The van der Waals surface area contributed by atoms with Gasteiger partial charge in [-0.25, -0.2) is 0 Å². The monoisotopic (exact) mass is 240 g/mol. The molecule has 2 heterocycles. The van der Waals surface area contributed by atoms with Crippen LogP contribution in [0.2, 0.25) is 0 Å². The van der Waals surface area contributed by atoms with Gasteiger partial charge in [0.15, 0.2) is 0 Å². The molecule has 0 aliphatic carbocycles. The highest BCUT2D eigenvalue weighted by atomic mass is 16.3. The number of aromatic nitrogens is 1. The number of nitrogens with zero attached hydrogens (tertiary/aromatic N) is 1. The van der Waals surface area contributed by atoms with Crippen molar-refractivity contribution in [3.8, 4) is 0 Å². The minimum absolute atomic E-state index is 0.0589. The smallest absolute Gasteiger partial charge is 0.115 e. The van der Waals surface area contributed by atoms with Gasteiger partial charge < -0.3 is 10.4 Å². The van der Waals surface area contributed by atoms with Crippen molar-refractivity contribution in [1.82, 2.24) is 10.3 Å². The molecule has 0 fully saturated rings. The van der Waals surface area contributed by atoms with Gasteiger partial charge in [0.1, 0.15) is 6.10 Å². The summed E-state index contributed by atoms with van der Waals surface area (Å²) in [7, 11) is 0. The molecule has 2 N–H and O–H groups in total. The zero-order valence-corrected chi connectivity index (χ0v) is 10.3. The lowest BCUT2D eigenvalue weighted by Crippen LogP contribution is -2.21. The molecule has 0 amide bonds. The van der Waals surface area contributed by atoms with E-state index in [1.807, 2.05) is 31.2 Å². The Kier molecular flexibility index (Phi) is 2.86. The van der Waals surface area contributed by atoms with E-state index in [0.717, 1.165) is 17.8 Å². The maximum atomic E-state index is 10.4. The summed E-state index contributed by atoms with van der Waals surface area (Å²) in [5.74, 6) is 0. The molecule has 0 radical (unpaired) electrons. The van der Waals surface area contributed by atoms with Crippen molar-refractivity contribution in [2.24, 2.45) is 0 Å². The van der Waals surface area contributed by atoms with Crippen LogP contribution >= 0.6 is 0 Å². The molecule has 1 aliphatic heterocycles. The largest absolute Gasteiger partial charge is 0.385 e. The van der Waals surface area contributed by atoms with E-state index in [1.165, 1.54) is 11.1 Å². The summed E-state index contributed by atoms with van der Waals surface area (Å²) in [6.45, 7) is 2.80. The van der Waals surface area contributed by atoms with E-state index in [0.29, 0.717) is 0 Å². The van der Waals surface area contributed by atoms with Crippen LogP contribution in [-0.4, -0.2) is 10.1 Å². The van der Waals surface area contributed by atoms with Crippen LogP contribution in [-0.2, 0) is 6.54 Å². The molecular formula is C15H16N2O. The molecule has 1 aliphatic rings. The highest BCUT2D eigenvalue weighted by Crippen LogP contribution is 2.34. The highest BCUT2D eigenvalue weighted by molar-refractivity contribution is 5.35. The summed E-state index contributed by atoms with van der Waals surface area (Å²) in [4.78, 5) is 4.31. The number of aliphatic hydroxyl groups excluding tert-OH is 1. The van der Waals surface area contributed by atoms with E-state index in [-0.39, 0.29) is 6.04 Å². The molecule has 2 atom stereocenters. The van der Waals surface area contributed by atoms with E-state index in [2.05, 4.69) is 22.4 Å². The second-order valence-corrected chi connectivity index (χ2v) is 4.76. The van der Waals surface area contributed by atoms with Gasteiger partial charge in [-0.15, -0.1) is 0 Å². The van der Waals surface area contributed by atoms with Gasteiger partial charge in [-0.05, 0) is 29.7 Å². The lowest BCUT2D eigenvalue weighted by Gasteiger charge is -2.19. The number of hydrogen-bond acceptors (Lipinski definition) is 3. The Bertz CT molecular complexity index is 551. The number of benzene rings is 1. The Morgan fingerprint density at radius 1 is 1.28 bits per heavy atom. The minimum atomic E-state index is -0.603. The van der Waals surface area contributed by atoms with Gasteiger partial charge in [0.2, 0.25) is 0 Å². The molecular weight excluding hydrogens is 224 g/mol. The molecule has 92 valence electrons. The second-order valence-electron chi connectivity index (χ2n) is 4.76. The van der Waals surface area contributed by atoms with E-state index in [1.54, 1.807) is 6.20 Å². The Morgan fingerprint density at radius 2 is 2.11 bits per heavy atom. The maximum Gasteiger partial charge on any atom is 0.115 e. The zero-order valence-electron chi connectivity index (χ0n) is 10.3. The Balaban J connectivity index is 1.90. The quantitative estimate of drug-likeness (QED) is 0.846. The first-order valence-electron chi connectivity index (χ1n) is 6.17. The molecule has 3 rings (SSSR count). The predicted octanol–water partition coefficient (Wildman–Crippen LogP) is 2.27. The van der Waals surface area contributed by atoms with Crippen LogP contribution < -0.4 is 5.32 Å². The molecule has 0 saturated heterocycles. The number of aliphatic hydroxyl groups is 1. The molecule has 3 nitrogen and oxygen atoms in total. The van der Waals surface area contributed by atoms with Crippen LogP contribution in [0.1, 0.15) is 34.5 Å². The fraction of sp³-hybridized carbons (Fsp3) is 0.267. The van der Waals surface area contributed by atoms with Crippen molar-refractivity contribution in [1.29, 1.82) is 0 Å². The van der Waals surface area contributed by atoms with Crippen LogP contribution in [0.3, 0.4) is 0 Å². The van der Waals surface area contributed by atoms with Crippen molar-refractivity contribution in [3.05, 3.63) is 65.0 Å². The molecule has 1 aromatic heterocycles. The first-order chi connectivity index (χ1) is 8.75. The van der Waals surface area contributed by atoms with E-state index in [9.17, 15) is 5.11 Å². The van der Waals surface area contributed by atoms with Gasteiger partial charge in [0.25, 0.3) is 0 Å². The van der Waals surface area contributed by atoms with Crippen molar-refractivity contribution >= 4 is 0 Å². The fourth-order valence-corrected chi connectivity index (χ4v) is 2.44.